The van der Waals surface area contributed by atoms with Crippen LogP contribution >= 0.6 is 23.1 Å². The molecule has 2 aromatic rings. The third kappa shape index (κ3) is 5.22. The van der Waals surface area contributed by atoms with Crippen LogP contribution in [0.4, 0.5) is 5.13 Å². The Hall–Kier alpha value is -2.13. The van der Waals surface area contributed by atoms with E-state index in [-0.39, 0.29) is 11.7 Å². The first-order chi connectivity index (χ1) is 11.1. The molecular formula is C14H16N4O3S2. The molecule has 9 heteroatoms. The third-order valence-electron chi connectivity index (χ3n) is 2.67. The zero-order valence-electron chi connectivity index (χ0n) is 12.7. The highest BCUT2D eigenvalue weighted by molar-refractivity contribution is 8.01. The summed E-state index contributed by atoms with van der Waals surface area (Å²) in [5.74, 6) is -0.0705. The Balaban J connectivity index is 1.82. The fourth-order valence-electron chi connectivity index (χ4n) is 1.60. The van der Waals surface area contributed by atoms with Crippen molar-refractivity contribution in [3.8, 4) is 5.75 Å². The number of amides is 2. The molecule has 0 atom stereocenters. The van der Waals surface area contributed by atoms with Crippen LogP contribution in [0.15, 0.2) is 28.6 Å². The van der Waals surface area contributed by atoms with Crippen LogP contribution in [-0.4, -0.2) is 41.4 Å². The predicted molar refractivity (Wildman–Crippen MR) is 90.3 cm³/mol. The minimum Gasteiger partial charge on any atom is -0.497 e. The van der Waals surface area contributed by atoms with Gasteiger partial charge in [-0.25, -0.2) is 0 Å². The second-order valence-corrected chi connectivity index (χ2v) is 6.50. The van der Waals surface area contributed by atoms with Crippen molar-refractivity contribution in [2.75, 3.05) is 24.7 Å². The first-order valence-corrected chi connectivity index (χ1v) is 8.61. The fraction of sp³-hybridized carbons (Fsp3) is 0.286. The van der Waals surface area contributed by atoms with Crippen molar-refractivity contribution in [1.29, 1.82) is 0 Å². The highest BCUT2D eigenvalue weighted by Crippen LogP contribution is 2.25. The van der Waals surface area contributed by atoms with Crippen molar-refractivity contribution in [2.24, 2.45) is 0 Å². The Labute approximate surface area is 141 Å². The van der Waals surface area contributed by atoms with E-state index >= 15 is 0 Å². The monoisotopic (exact) mass is 352 g/mol. The first kappa shape index (κ1) is 17.2. The smallest absolute Gasteiger partial charge is 0.257 e. The van der Waals surface area contributed by atoms with Crippen LogP contribution in [0.2, 0.25) is 0 Å². The molecule has 0 radical (unpaired) electrons. The van der Waals surface area contributed by atoms with Crippen molar-refractivity contribution in [3.63, 3.8) is 0 Å². The van der Waals surface area contributed by atoms with Gasteiger partial charge in [-0.05, 0) is 31.2 Å². The molecule has 0 aliphatic carbocycles. The van der Waals surface area contributed by atoms with Gasteiger partial charge >= 0.3 is 0 Å². The molecule has 0 unspecified atom stereocenters. The van der Waals surface area contributed by atoms with Gasteiger partial charge in [0.25, 0.3) is 5.91 Å². The van der Waals surface area contributed by atoms with Gasteiger partial charge in [0, 0.05) is 12.1 Å². The number of hydrogen-bond donors (Lipinski definition) is 2. The lowest BCUT2D eigenvalue weighted by molar-refractivity contribution is -0.117. The van der Waals surface area contributed by atoms with Gasteiger partial charge < -0.3 is 10.1 Å². The summed E-state index contributed by atoms with van der Waals surface area (Å²) >= 11 is 2.61. The third-order valence-corrected chi connectivity index (χ3v) is 4.68. The van der Waals surface area contributed by atoms with E-state index in [1.54, 1.807) is 31.4 Å². The van der Waals surface area contributed by atoms with E-state index in [9.17, 15) is 9.59 Å². The number of nitrogens with one attached hydrogen (secondary N) is 2. The van der Waals surface area contributed by atoms with Crippen LogP contribution in [-0.2, 0) is 4.79 Å². The van der Waals surface area contributed by atoms with E-state index in [1.165, 1.54) is 23.1 Å². The van der Waals surface area contributed by atoms with E-state index in [4.69, 9.17) is 4.74 Å². The van der Waals surface area contributed by atoms with Gasteiger partial charge in [-0.2, -0.15) is 0 Å². The topological polar surface area (TPSA) is 93.2 Å². The molecule has 0 fully saturated rings. The molecule has 0 saturated carbocycles. The number of carbonyl (C=O) groups excluding carboxylic acids is 2. The normalized spacial score (nSPS) is 10.2. The number of methoxy groups -OCH3 is 1. The van der Waals surface area contributed by atoms with Crippen molar-refractivity contribution in [2.45, 2.75) is 11.3 Å². The largest absolute Gasteiger partial charge is 0.497 e. The lowest BCUT2D eigenvalue weighted by atomic mass is 10.2. The summed E-state index contributed by atoms with van der Waals surface area (Å²) in [7, 11) is 1.55. The quantitative estimate of drug-likeness (QED) is 0.736. The maximum Gasteiger partial charge on any atom is 0.257 e. The lowest BCUT2D eigenvalue weighted by Crippen LogP contribution is -2.31. The van der Waals surface area contributed by atoms with Crippen LogP contribution in [0.25, 0.3) is 0 Å². The van der Waals surface area contributed by atoms with Crippen molar-refractivity contribution in [1.82, 2.24) is 15.5 Å². The number of imide groups is 1. The average Bonchev–Trinajstić information content (AvgIpc) is 3.01. The van der Waals surface area contributed by atoms with Crippen molar-refractivity contribution < 1.29 is 14.3 Å². The van der Waals surface area contributed by atoms with E-state index in [1.807, 2.05) is 6.92 Å². The highest BCUT2D eigenvalue weighted by atomic mass is 32.2. The number of thioether (sulfide) groups is 1. The Morgan fingerprint density at radius 2 is 2.00 bits per heavy atom. The highest BCUT2D eigenvalue weighted by Gasteiger charge is 2.12. The Kier molecular flexibility index (Phi) is 6.36. The maximum atomic E-state index is 11.9. The summed E-state index contributed by atoms with van der Waals surface area (Å²) in [5, 5.41) is 14.0. The van der Waals surface area contributed by atoms with Gasteiger partial charge in [-0.3, -0.25) is 14.9 Å². The molecule has 2 rings (SSSR count). The molecule has 2 N–H and O–H groups in total. The second kappa shape index (κ2) is 8.49. The van der Waals surface area contributed by atoms with E-state index in [2.05, 4.69) is 20.8 Å². The molecule has 1 aromatic carbocycles. The molecular weight excluding hydrogens is 336 g/mol. The summed E-state index contributed by atoms with van der Waals surface area (Å²) < 4.78 is 5.69. The summed E-state index contributed by atoms with van der Waals surface area (Å²) in [5.41, 5.74) is 0.398. The Bertz CT molecular complexity index is 673. The number of benzene rings is 1. The SMILES string of the molecule is CCNc1nnc(SCC(=O)NC(=O)c2ccc(OC)cc2)s1. The van der Waals surface area contributed by atoms with Crippen LogP contribution in [0.5, 0.6) is 5.75 Å². The zero-order valence-corrected chi connectivity index (χ0v) is 14.3. The number of anilines is 1. The zero-order chi connectivity index (χ0) is 16.7. The van der Waals surface area contributed by atoms with Gasteiger partial charge in [-0.1, -0.05) is 23.1 Å². The average molecular weight is 352 g/mol. The molecule has 0 spiro atoms. The predicted octanol–water partition coefficient (Wildman–Crippen LogP) is 2.03. The van der Waals surface area contributed by atoms with Crippen LogP contribution in [0, 0.1) is 0 Å². The minimum absolute atomic E-state index is 0.0999. The maximum absolute atomic E-state index is 11.9. The molecule has 0 aliphatic rings. The molecule has 122 valence electrons. The molecule has 2 amide bonds. The molecule has 0 aliphatic heterocycles. The number of carbonyl (C=O) groups is 2. The summed E-state index contributed by atoms with van der Waals surface area (Å²) in [4.78, 5) is 23.8. The Morgan fingerprint density at radius 1 is 1.26 bits per heavy atom. The number of aromatic nitrogens is 2. The molecule has 7 nitrogen and oxygen atoms in total. The van der Waals surface area contributed by atoms with Crippen LogP contribution in [0.3, 0.4) is 0 Å². The molecule has 23 heavy (non-hydrogen) atoms. The lowest BCUT2D eigenvalue weighted by Gasteiger charge is -2.04. The number of ether oxygens (including phenoxy) is 1. The molecule has 0 saturated heterocycles. The fourth-order valence-corrected chi connectivity index (χ4v) is 3.22. The summed E-state index contributed by atoms with van der Waals surface area (Å²) in [6.07, 6.45) is 0. The van der Waals surface area contributed by atoms with Gasteiger partial charge in [-0.15, -0.1) is 10.2 Å². The number of hydrogen-bond acceptors (Lipinski definition) is 8. The van der Waals surface area contributed by atoms with Crippen molar-refractivity contribution in [3.05, 3.63) is 29.8 Å². The first-order valence-electron chi connectivity index (χ1n) is 6.80. The number of rotatable bonds is 7. The summed E-state index contributed by atoms with van der Waals surface area (Å²) in [6.45, 7) is 2.72. The van der Waals surface area contributed by atoms with Gasteiger partial charge in [0.15, 0.2) is 4.34 Å². The molecule has 1 aromatic heterocycles. The van der Waals surface area contributed by atoms with Gasteiger partial charge in [0.2, 0.25) is 11.0 Å². The van der Waals surface area contributed by atoms with Crippen LogP contribution < -0.4 is 15.4 Å². The van der Waals surface area contributed by atoms with E-state index < -0.39 is 5.91 Å². The molecule has 1 heterocycles. The second-order valence-electron chi connectivity index (χ2n) is 4.30. The van der Waals surface area contributed by atoms with Gasteiger partial charge in [0.1, 0.15) is 5.75 Å². The minimum atomic E-state index is -0.441. The summed E-state index contributed by atoms with van der Waals surface area (Å²) in [6, 6.07) is 6.53. The van der Waals surface area contributed by atoms with Crippen molar-refractivity contribution >= 4 is 40.0 Å². The Morgan fingerprint density at radius 3 is 2.65 bits per heavy atom. The molecule has 0 bridgehead atoms. The van der Waals surface area contributed by atoms with Gasteiger partial charge in [0.05, 0.1) is 12.9 Å². The van der Waals surface area contributed by atoms with E-state index in [0.29, 0.717) is 20.8 Å². The van der Waals surface area contributed by atoms with E-state index in [0.717, 1.165) is 6.54 Å². The standard InChI is InChI=1S/C14H16N4O3S2/c1-3-15-13-17-18-14(23-13)22-8-11(19)16-12(20)9-4-6-10(21-2)7-5-9/h4-7H,3,8H2,1-2H3,(H,15,17)(H,16,19,20). The number of nitrogens with zero attached hydrogens (tertiary/aromatic N) is 2. The van der Waals surface area contributed by atoms with Crippen LogP contribution in [0.1, 0.15) is 17.3 Å².